The second-order valence-electron chi connectivity index (χ2n) is 11.4. The smallest absolute Gasteiger partial charge is 0.298 e. The average Bonchev–Trinajstić information content (AvgIpc) is 3.36. The Morgan fingerprint density at radius 2 is 1.39 bits per heavy atom. The molecule has 5 aromatic rings. The van der Waals surface area contributed by atoms with Gasteiger partial charge in [0.25, 0.3) is 11.7 Å². The largest absolute Gasteiger partial charge is 0.368 e. The molecule has 0 radical (unpaired) electrons. The van der Waals surface area contributed by atoms with Crippen LogP contribution in [0, 0.1) is 20.8 Å². The number of piperazine rings is 1. The van der Waals surface area contributed by atoms with Crippen LogP contribution in [0.1, 0.15) is 33.0 Å². The summed E-state index contributed by atoms with van der Waals surface area (Å²) >= 11 is 0. The first-order valence-corrected chi connectivity index (χ1v) is 15.1. The maximum Gasteiger partial charge on any atom is 0.298 e. The average molecular weight is 584 g/mol. The van der Waals surface area contributed by atoms with E-state index in [0.717, 1.165) is 65.8 Å². The second-order valence-corrected chi connectivity index (χ2v) is 11.4. The number of hydrogen-bond acceptors (Lipinski definition) is 5. The summed E-state index contributed by atoms with van der Waals surface area (Å²) in [6.45, 7) is 10.1. The predicted octanol–water partition coefficient (Wildman–Crippen LogP) is 6.67. The molecular weight excluding hydrogens is 546 g/mol. The summed E-state index contributed by atoms with van der Waals surface area (Å²) in [4.78, 5) is 36.6. The van der Waals surface area contributed by atoms with Crippen molar-refractivity contribution in [3.63, 3.8) is 0 Å². The number of carbonyl (C=O) groups excluding carboxylic acids is 2. The SMILES string of the molecule is Cc1cc(C)nc(N2CCN(c3ccc(NC(=O)C(=O)c4c(-c5ccccc5)cc(C)n4Cc4ccccc4)cc3)CC2)c1. The minimum atomic E-state index is -0.656. The lowest BCUT2D eigenvalue weighted by atomic mass is 10.0. The molecule has 0 atom stereocenters. The molecule has 3 aromatic carbocycles. The zero-order chi connectivity index (χ0) is 30.6. The standard InChI is InChI=1S/C37H37N5O2/c1-26-22-27(2)38-34(23-26)41-20-18-40(19-21-41)32-16-14-31(15-17-32)39-37(44)36(43)35-33(30-12-8-5-9-13-30)24-28(3)42(35)25-29-10-6-4-7-11-29/h4-17,22-24H,18-21,25H2,1-3H3,(H,39,44). The number of pyridine rings is 1. The number of nitrogens with zero attached hydrogens (tertiary/aromatic N) is 4. The van der Waals surface area contributed by atoms with Crippen molar-refractivity contribution in [2.24, 2.45) is 0 Å². The molecule has 1 amide bonds. The quantitative estimate of drug-likeness (QED) is 0.163. The number of rotatable bonds is 8. The Balaban J connectivity index is 1.16. The number of hydrogen-bond donors (Lipinski definition) is 1. The fraction of sp³-hybridized carbons (Fsp3) is 0.216. The van der Waals surface area contributed by atoms with E-state index in [1.54, 1.807) is 0 Å². The second kappa shape index (κ2) is 12.6. The van der Waals surface area contributed by atoms with Crippen molar-refractivity contribution < 1.29 is 9.59 Å². The van der Waals surface area contributed by atoms with E-state index < -0.39 is 11.7 Å². The minimum absolute atomic E-state index is 0.392. The highest BCUT2D eigenvalue weighted by Gasteiger charge is 2.27. The van der Waals surface area contributed by atoms with Gasteiger partial charge in [-0.1, -0.05) is 60.7 Å². The van der Waals surface area contributed by atoms with Gasteiger partial charge in [0.05, 0.1) is 0 Å². The minimum Gasteiger partial charge on any atom is -0.368 e. The number of Topliss-reactive ketones (excluding diaryl/α,β-unsaturated/α-hetero) is 1. The first-order valence-electron chi connectivity index (χ1n) is 15.1. The fourth-order valence-electron chi connectivity index (χ4n) is 5.96. The summed E-state index contributed by atoms with van der Waals surface area (Å²) in [5, 5.41) is 2.85. The third-order valence-corrected chi connectivity index (χ3v) is 8.17. The van der Waals surface area contributed by atoms with Crippen LogP contribution in [0.25, 0.3) is 11.1 Å². The highest BCUT2D eigenvalue weighted by molar-refractivity contribution is 6.47. The van der Waals surface area contributed by atoms with E-state index in [-0.39, 0.29) is 0 Å². The molecule has 1 fully saturated rings. The van der Waals surface area contributed by atoms with Crippen LogP contribution in [0.3, 0.4) is 0 Å². The highest BCUT2D eigenvalue weighted by Crippen LogP contribution is 2.29. The maximum absolute atomic E-state index is 13.8. The number of ketones is 1. The van der Waals surface area contributed by atoms with Gasteiger partial charge in [-0.15, -0.1) is 0 Å². The fourth-order valence-corrected chi connectivity index (χ4v) is 5.96. The molecule has 44 heavy (non-hydrogen) atoms. The van der Waals surface area contributed by atoms with Crippen molar-refractivity contribution in [3.8, 4) is 11.1 Å². The Hall–Kier alpha value is -5.17. The number of benzene rings is 3. The van der Waals surface area contributed by atoms with E-state index in [0.29, 0.717) is 17.9 Å². The molecule has 222 valence electrons. The van der Waals surface area contributed by atoms with Crippen molar-refractivity contribution in [1.29, 1.82) is 0 Å². The molecule has 7 heteroatoms. The molecule has 6 rings (SSSR count). The van der Waals surface area contributed by atoms with E-state index >= 15 is 0 Å². The maximum atomic E-state index is 13.8. The van der Waals surface area contributed by atoms with Crippen LogP contribution in [0.5, 0.6) is 0 Å². The van der Waals surface area contributed by atoms with Gasteiger partial charge in [-0.25, -0.2) is 4.98 Å². The molecule has 1 N–H and O–H groups in total. The van der Waals surface area contributed by atoms with E-state index in [1.165, 1.54) is 5.56 Å². The molecule has 3 heterocycles. The Kier molecular flexibility index (Phi) is 8.28. The molecule has 0 aliphatic carbocycles. The van der Waals surface area contributed by atoms with Gasteiger partial charge in [-0.3, -0.25) is 9.59 Å². The first-order chi connectivity index (χ1) is 21.4. The molecular formula is C37H37N5O2. The summed E-state index contributed by atoms with van der Waals surface area (Å²) in [6.07, 6.45) is 0. The van der Waals surface area contributed by atoms with Crippen LogP contribution in [0.4, 0.5) is 17.2 Å². The van der Waals surface area contributed by atoms with Crippen molar-refractivity contribution in [3.05, 3.63) is 131 Å². The number of amides is 1. The van der Waals surface area contributed by atoms with Crippen molar-refractivity contribution in [2.75, 3.05) is 41.3 Å². The normalized spacial score (nSPS) is 13.2. The van der Waals surface area contributed by atoms with Gasteiger partial charge in [-0.05, 0) is 79.9 Å². The Bertz CT molecular complexity index is 1750. The predicted molar refractivity (Wildman–Crippen MR) is 178 cm³/mol. The lowest BCUT2D eigenvalue weighted by Gasteiger charge is -2.37. The number of carbonyl (C=O) groups is 2. The van der Waals surface area contributed by atoms with Crippen LogP contribution in [-0.2, 0) is 11.3 Å². The van der Waals surface area contributed by atoms with Gasteiger partial charge in [0.1, 0.15) is 11.5 Å². The van der Waals surface area contributed by atoms with Crippen LogP contribution >= 0.6 is 0 Å². The van der Waals surface area contributed by atoms with Crippen molar-refractivity contribution in [1.82, 2.24) is 9.55 Å². The van der Waals surface area contributed by atoms with E-state index in [2.05, 4.69) is 34.2 Å². The molecule has 0 spiro atoms. The lowest BCUT2D eigenvalue weighted by Crippen LogP contribution is -2.46. The summed E-state index contributed by atoms with van der Waals surface area (Å²) in [6, 6.07) is 33.7. The van der Waals surface area contributed by atoms with Gasteiger partial charge >= 0.3 is 0 Å². The molecule has 0 unspecified atom stereocenters. The number of aromatic nitrogens is 2. The summed E-state index contributed by atoms with van der Waals surface area (Å²) in [5.41, 5.74) is 7.95. The lowest BCUT2D eigenvalue weighted by molar-refractivity contribution is -0.112. The van der Waals surface area contributed by atoms with Gasteiger partial charge < -0.3 is 19.7 Å². The van der Waals surface area contributed by atoms with Crippen LogP contribution in [0.2, 0.25) is 0 Å². The zero-order valence-corrected chi connectivity index (χ0v) is 25.5. The number of anilines is 3. The van der Waals surface area contributed by atoms with Gasteiger partial charge in [0, 0.05) is 61.0 Å². The molecule has 1 aliphatic heterocycles. The Morgan fingerprint density at radius 3 is 2.05 bits per heavy atom. The van der Waals surface area contributed by atoms with E-state index in [4.69, 9.17) is 4.98 Å². The summed E-state index contributed by atoms with van der Waals surface area (Å²) in [5.74, 6) is -0.185. The van der Waals surface area contributed by atoms with Crippen molar-refractivity contribution >= 4 is 28.9 Å². The van der Waals surface area contributed by atoms with Gasteiger partial charge in [0.2, 0.25) is 0 Å². The number of aryl methyl sites for hydroxylation is 3. The monoisotopic (exact) mass is 583 g/mol. The Morgan fingerprint density at radius 1 is 0.750 bits per heavy atom. The highest BCUT2D eigenvalue weighted by atomic mass is 16.2. The molecule has 7 nitrogen and oxygen atoms in total. The third-order valence-electron chi connectivity index (χ3n) is 8.17. The van der Waals surface area contributed by atoms with Crippen LogP contribution in [-0.4, -0.2) is 47.4 Å². The van der Waals surface area contributed by atoms with E-state index in [1.807, 2.05) is 109 Å². The van der Waals surface area contributed by atoms with Crippen molar-refractivity contribution in [2.45, 2.75) is 27.3 Å². The topological polar surface area (TPSA) is 70.5 Å². The van der Waals surface area contributed by atoms with Crippen LogP contribution < -0.4 is 15.1 Å². The molecule has 1 saturated heterocycles. The van der Waals surface area contributed by atoms with E-state index in [9.17, 15) is 9.59 Å². The third kappa shape index (κ3) is 6.27. The molecule has 0 bridgehead atoms. The molecule has 0 saturated carbocycles. The summed E-state index contributed by atoms with van der Waals surface area (Å²) in [7, 11) is 0. The van der Waals surface area contributed by atoms with Crippen LogP contribution in [0.15, 0.2) is 103 Å². The molecule has 1 aliphatic rings. The zero-order valence-electron chi connectivity index (χ0n) is 25.5. The summed E-state index contributed by atoms with van der Waals surface area (Å²) < 4.78 is 1.94. The molecule has 2 aromatic heterocycles. The van der Waals surface area contributed by atoms with Gasteiger partial charge in [-0.2, -0.15) is 0 Å². The van der Waals surface area contributed by atoms with Gasteiger partial charge in [0.15, 0.2) is 0 Å². The Labute approximate surface area is 258 Å². The number of nitrogens with one attached hydrogen (secondary N) is 1. The first kappa shape index (κ1) is 28.9.